The summed E-state index contributed by atoms with van der Waals surface area (Å²) in [6.45, 7) is 5.50. The molecule has 1 heterocycles. The van der Waals surface area contributed by atoms with E-state index in [0.29, 0.717) is 11.3 Å². The molecule has 1 saturated heterocycles. The van der Waals surface area contributed by atoms with Crippen LogP contribution >= 0.6 is 0 Å². The van der Waals surface area contributed by atoms with Gasteiger partial charge in [-0.1, -0.05) is 0 Å². The number of nitrogens with zero attached hydrogens (tertiary/aromatic N) is 1. The maximum atomic E-state index is 11.3. The number of rotatable bonds is 2. The fourth-order valence-electron chi connectivity index (χ4n) is 1.99. The number of piperazine rings is 1. The van der Waals surface area contributed by atoms with Crippen LogP contribution in [0.2, 0.25) is 0 Å². The molecule has 1 aliphatic heterocycles. The Morgan fingerprint density at radius 1 is 1.38 bits per heavy atom. The van der Waals surface area contributed by atoms with Crippen LogP contribution in [0.5, 0.6) is 0 Å². The topological polar surface area (TPSA) is 58.4 Å². The summed E-state index contributed by atoms with van der Waals surface area (Å²) in [4.78, 5) is 13.5. The van der Waals surface area contributed by atoms with Crippen LogP contribution in [0.4, 0.5) is 11.4 Å². The molecule has 1 aromatic rings. The van der Waals surface area contributed by atoms with Gasteiger partial charge >= 0.3 is 0 Å². The zero-order chi connectivity index (χ0) is 11.5. The van der Waals surface area contributed by atoms with Gasteiger partial charge in [-0.25, -0.2) is 0 Å². The zero-order valence-corrected chi connectivity index (χ0v) is 9.49. The number of hydrogen-bond donors (Lipinski definition) is 2. The molecule has 1 fully saturated rings. The largest absolute Gasteiger partial charge is 0.398 e. The second-order valence-electron chi connectivity index (χ2n) is 4.06. The van der Waals surface area contributed by atoms with Gasteiger partial charge in [0, 0.05) is 43.1 Å². The minimum absolute atomic E-state index is 0.0179. The summed E-state index contributed by atoms with van der Waals surface area (Å²) in [5.41, 5.74) is 8.15. The van der Waals surface area contributed by atoms with Gasteiger partial charge in [-0.15, -0.1) is 0 Å². The van der Waals surface area contributed by atoms with Crippen LogP contribution in [0.15, 0.2) is 18.2 Å². The summed E-state index contributed by atoms with van der Waals surface area (Å²) < 4.78 is 0. The van der Waals surface area contributed by atoms with Gasteiger partial charge in [0.25, 0.3) is 0 Å². The molecule has 1 aromatic carbocycles. The Labute approximate surface area is 95.4 Å². The molecule has 0 radical (unpaired) electrons. The highest BCUT2D eigenvalue weighted by Crippen LogP contribution is 2.22. The summed E-state index contributed by atoms with van der Waals surface area (Å²) in [5, 5.41) is 3.30. The molecule has 4 nitrogen and oxygen atoms in total. The molecule has 0 amide bonds. The van der Waals surface area contributed by atoms with Crippen molar-refractivity contribution in [1.29, 1.82) is 0 Å². The number of hydrogen-bond acceptors (Lipinski definition) is 4. The Morgan fingerprint density at radius 3 is 2.62 bits per heavy atom. The van der Waals surface area contributed by atoms with Gasteiger partial charge < -0.3 is 16.0 Å². The number of carbonyl (C=O) groups excluding carboxylic acids is 1. The molecule has 4 heteroatoms. The van der Waals surface area contributed by atoms with E-state index in [2.05, 4.69) is 10.2 Å². The molecule has 3 N–H and O–H groups in total. The fraction of sp³-hybridized carbons (Fsp3) is 0.417. The van der Waals surface area contributed by atoms with Gasteiger partial charge in [-0.3, -0.25) is 4.79 Å². The first-order chi connectivity index (χ1) is 7.68. The van der Waals surface area contributed by atoms with Gasteiger partial charge in [0.2, 0.25) is 0 Å². The molecule has 0 unspecified atom stereocenters. The number of nitrogens with two attached hydrogens (primary N) is 1. The van der Waals surface area contributed by atoms with E-state index in [9.17, 15) is 4.79 Å². The lowest BCUT2D eigenvalue weighted by atomic mass is 10.1. The predicted octanol–water partition coefficient (Wildman–Crippen LogP) is 0.881. The highest BCUT2D eigenvalue weighted by atomic mass is 16.1. The third-order valence-corrected chi connectivity index (χ3v) is 2.90. The molecule has 0 aliphatic carbocycles. The molecule has 86 valence electrons. The molecular weight excluding hydrogens is 202 g/mol. The van der Waals surface area contributed by atoms with Gasteiger partial charge in [-0.05, 0) is 25.1 Å². The lowest BCUT2D eigenvalue weighted by Gasteiger charge is -2.29. The first-order valence-corrected chi connectivity index (χ1v) is 5.54. The van der Waals surface area contributed by atoms with E-state index in [1.807, 2.05) is 18.2 Å². The summed E-state index contributed by atoms with van der Waals surface area (Å²) in [6, 6.07) is 5.68. The van der Waals surface area contributed by atoms with Crippen LogP contribution in [0.25, 0.3) is 0 Å². The van der Waals surface area contributed by atoms with Crippen molar-refractivity contribution in [2.75, 3.05) is 36.8 Å². The lowest BCUT2D eigenvalue weighted by Crippen LogP contribution is -2.43. The molecule has 2 rings (SSSR count). The predicted molar refractivity (Wildman–Crippen MR) is 65.9 cm³/mol. The van der Waals surface area contributed by atoms with E-state index in [1.54, 1.807) is 0 Å². The van der Waals surface area contributed by atoms with Crippen molar-refractivity contribution in [3.8, 4) is 0 Å². The zero-order valence-electron chi connectivity index (χ0n) is 9.49. The summed E-state index contributed by atoms with van der Waals surface area (Å²) >= 11 is 0. The SMILES string of the molecule is CC(=O)c1ccc(N2CCNCC2)cc1N. The molecule has 0 spiro atoms. The minimum Gasteiger partial charge on any atom is -0.398 e. The number of carbonyl (C=O) groups is 1. The van der Waals surface area contributed by atoms with Crippen LogP contribution < -0.4 is 16.0 Å². The van der Waals surface area contributed by atoms with Crippen LogP contribution in [-0.2, 0) is 0 Å². The number of benzene rings is 1. The molecular formula is C12H17N3O. The van der Waals surface area contributed by atoms with E-state index in [1.165, 1.54) is 6.92 Å². The van der Waals surface area contributed by atoms with Crippen molar-refractivity contribution in [2.24, 2.45) is 0 Å². The maximum absolute atomic E-state index is 11.3. The van der Waals surface area contributed by atoms with Crippen molar-refractivity contribution in [2.45, 2.75) is 6.92 Å². The van der Waals surface area contributed by atoms with E-state index >= 15 is 0 Å². The summed E-state index contributed by atoms with van der Waals surface area (Å²) in [6.07, 6.45) is 0. The van der Waals surface area contributed by atoms with Crippen molar-refractivity contribution >= 4 is 17.2 Å². The first kappa shape index (κ1) is 11.0. The molecule has 1 aliphatic rings. The second-order valence-corrected chi connectivity index (χ2v) is 4.06. The van der Waals surface area contributed by atoms with Gasteiger partial charge in [0.15, 0.2) is 5.78 Å². The molecule has 0 atom stereocenters. The average molecular weight is 219 g/mol. The van der Waals surface area contributed by atoms with E-state index in [0.717, 1.165) is 31.9 Å². The van der Waals surface area contributed by atoms with Crippen LogP contribution in [-0.4, -0.2) is 32.0 Å². The van der Waals surface area contributed by atoms with E-state index in [4.69, 9.17) is 5.73 Å². The number of anilines is 2. The molecule has 16 heavy (non-hydrogen) atoms. The third kappa shape index (κ3) is 2.17. The quantitative estimate of drug-likeness (QED) is 0.572. The Balaban J connectivity index is 2.23. The van der Waals surface area contributed by atoms with Crippen LogP contribution in [0.3, 0.4) is 0 Å². The fourth-order valence-corrected chi connectivity index (χ4v) is 1.99. The maximum Gasteiger partial charge on any atom is 0.161 e. The Kier molecular flexibility index (Phi) is 3.10. The number of nitrogen functional groups attached to an aromatic ring is 1. The van der Waals surface area contributed by atoms with Crippen molar-refractivity contribution < 1.29 is 4.79 Å². The van der Waals surface area contributed by atoms with Crippen LogP contribution in [0, 0.1) is 0 Å². The highest BCUT2D eigenvalue weighted by molar-refractivity contribution is 5.99. The molecule has 0 saturated carbocycles. The highest BCUT2D eigenvalue weighted by Gasteiger charge is 2.12. The van der Waals surface area contributed by atoms with E-state index in [-0.39, 0.29) is 5.78 Å². The normalized spacial score (nSPS) is 16.2. The lowest BCUT2D eigenvalue weighted by molar-refractivity contribution is 0.101. The summed E-state index contributed by atoms with van der Waals surface area (Å²) in [5.74, 6) is 0.0179. The van der Waals surface area contributed by atoms with Crippen molar-refractivity contribution in [3.63, 3.8) is 0 Å². The van der Waals surface area contributed by atoms with Gasteiger partial charge in [0.05, 0.1) is 0 Å². The third-order valence-electron chi connectivity index (χ3n) is 2.90. The minimum atomic E-state index is 0.0179. The standard InChI is InChI=1S/C12H17N3O/c1-9(16)11-3-2-10(8-12(11)13)15-6-4-14-5-7-15/h2-3,8,14H,4-7,13H2,1H3. The Bertz CT molecular complexity index is 397. The number of Topliss-reactive ketones (excluding diaryl/α,β-unsaturated/α-hetero) is 1. The molecule has 0 aromatic heterocycles. The van der Waals surface area contributed by atoms with E-state index < -0.39 is 0 Å². The van der Waals surface area contributed by atoms with Crippen molar-refractivity contribution in [3.05, 3.63) is 23.8 Å². The first-order valence-electron chi connectivity index (χ1n) is 5.54. The second kappa shape index (κ2) is 4.53. The molecule has 0 bridgehead atoms. The van der Waals surface area contributed by atoms with Gasteiger partial charge in [-0.2, -0.15) is 0 Å². The Hall–Kier alpha value is -1.55. The number of ketones is 1. The smallest absolute Gasteiger partial charge is 0.161 e. The summed E-state index contributed by atoms with van der Waals surface area (Å²) in [7, 11) is 0. The Morgan fingerprint density at radius 2 is 2.06 bits per heavy atom. The van der Waals surface area contributed by atoms with Crippen molar-refractivity contribution in [1.82, 2.24) is 5.32 Å². The average Bonchev–Trinajstić information content (AvgIpc) is 2.29. The number of nitrogens with one attached hydrogen (secondary N) is 1. The monoisotopic (exact) mass is 219 g/mol. The van der Waals surface area contributed by atoms with Gasteiger partial charge in [0.1, 0.15) is 0 Å². The van der Waals surface area contributed by atoms with Crippen LogP contribution in [0.1, 0.15) is 17.3 Å².